The van der Waals surface area contributed by atoms with Crippen LogP contribution in [0.4, 0.5) is 0 Å². The molecule has 148 valence electrons. The standard InChI is InChI=1S/C18H24N2O6S/c1-25-12-2-4-13(5-3-12)27(23,24)19-8-14-15-9-20(17(22)10-21)11-18(15)7-6-16(14)26-18/h2-5,14-16,19,21H,6-11H2,1H3/t14-,15+,16+,18+/m0/s1. The predicted octanol–water partition coefficient (Wildman–Crippen LogP) is -0.0282. The first-order valence-electron chi connectivity index (χ1n) is 9.09. The molecule has 0 saturated carbocycles. The number of likely N-dealkylation sites (tertiary alicyclic amines) is 1. The van der Waals surface area contributed by atoms with Gasteiger partial charge in [0.05, 0.1) is 30.3 Å². The predicted molar refractivity (Wildman–Crippen MR) is 95.7 cm³/mol. The van der Waals surface area contributed by atoms with Crippen LogP contribution >= 0.6 is 0 Å². The van der Waals surface area contributed by atoms with E-state index in [-0.39, 0.29) is 40.9 Å². The highest BCUT2D eigenvalue weighted by Gasteiger charge is 2.63. The van der Waals surface area contributed by atoms with Gasteiger partial charge in [-0.05, 0) is 37.1 Å². The van der Waals surface area contributed by atoms with Gasteiger partial charge in [-0.15, -0.1) is 0 Å². The third kappa shape index (κ3) is 3.12. The summed E-state index contributed by atoms with van der Waals surface area (Å²) in [5, 5.41) is 9.13. The molecule has 3 fully saturated rings. The largest absolute Gasteiger partial charge is 0.497 e. The van der Waals surface area contributed by atoms with Crippen molar-refractivity contribution >= 4 is 15.9 Å². The molecule has 1 amide bonds. The molecular weight excluding hydrogens is 372 g/mol. The lowest BCUT2D eigenvalue weighted by Crippen LogP contribution is -2.41. The van der Waals surface area contributed by atoms with Gasteiger partial charge in [0.2, 0.25) is 15.9 Å². The molecule has 3 aliphatic heterocycles. The molecule has 2 bridgehead atoms. The first-order chi connectivity index (χ1) is 12.9. The maximum Gasteiger partial charge on any atom is 0.248 e. The molecule has 27 heavy (non-hydrogen) atoms. The number of nitrogens with one attached hydrogen (secondary N) is 1. The molecule has 3 heterocycles. The molecular formula is C18H24N2O6S. The number of nitrogens with zero attached hydrogens (tertiary/aromatic N) is 1. The van der Waals surface area contributed by atoms with Crippen molar-refractivity contribution in [2.75, 3.05) is 33.4 Å². The minimum Gasteiger partial charge on any atom is -0.497 e. The summed E-state index contributed by atoms with van der Waals surface area (Å²) in [4.78, 5) is 13.7. The van der Waals surface area contributed by atoms with E-state index in [1.54, 1.807) is 17.0 Å². The average Bonchev–Trinajstić information content (AvgIpc) is 3.34. The second-order valence-corrected chi connectivity index (χ2v) is 9.26. The Morgan fingerprint density at radius 2 is 2.15 bits per heavy atom. The van der Waals surface area contributed by atoms with Gasteiger partial charge in [-0.3, -0.25) is 4.79 Å². The Kier molecular flexibility index (Phi) is 4.66. The van der Waals surface area contributed by atoms with Crippen LogP contribution < -0.4 is 9.46 Å². The molecule has 0 radical (unpaired) electrons. The van der Waals surface area contributed by atoms with Gasteiger partial charge in [-0.25, -0.2) is 13.1 Å². The molecule has 4 rings (SSSR count). The molecule has 4 atom stereocenters. The fourth-order valence-corrected chi connectivity index (χ4v) is 5.87. The van der Waals surface area contributed by atoms with E-state index in [0.717, 1.165) is 12.8 Å². The van der Waals surface area contributed by atoms with E-state index < -0.39 is 16.6 Å². The van der Waals surface area contributed by atoms with Gasteiger partial charge in [0.15, 0.2) is 0 Å². The van der Waals surface area contributed by atoms with Gasteiger partial charge in [0.25, 0.3) is 0 Å². The quantitative estimate of drug-likeness (QED) is 0.700. The van der Waals surface area contributed by atoms with Gasteiger partial charge >= 0.3 is 0 Å². The number of hydrogen-bond acceptors (Lipinski definition) is 6. The fourth-order valence-electron chi connectivity index (χ4n) is 4.80. The number of carbonyl (C=O) groups excluding carboxylic acids is 1. The van der Waals surface area contributed by atoms with Crippen molar-refractivity contribution < 1.29 is 27.8 Å². The maximum absolute atomic E-state index is 12.6. The van der Waals surface area contributed by atoms with Crippen LogP contribution in [0.25, 0.3) is 0 Å². The van der Waals surface area contributed by atoms with Crippen LogP contribution in [0.5, 0.6) is 5.75 Å². The van der Waals surface area contributed by atoms with Crippen LogP contribution in [0.2, 0.25) is 0 Å². The van der Waals surface area contributed by atoms with E-state index in [1.165, 1.54) is 19.2 Å². The molecule has 0 aromatic heterocycles. The molecule has 0 unspecified atom stereocenters. The van der Waals surface area contributed by atoms with Crippen LogP contribution in [0.15, 0.2) is 29.2 Å². The number of aliphatic hydroxyl groups excluding tert-OH is 1. The highest BCUT2D eigenvalue weighted by atomic mass is 32.2. The fraction of sp³-hybridized carbons (Fsp3) is 0.611. The van der Waals surface area contributed by atoms with Crippen molar-refractivity contribution in [1.82, 2.24) is 9.62 Å². The van der Waals surface area contributed by atoms with Gasteiger partial charge in [-0.2, -0.15) is 0 Å². The Hall–Kier alpha value is -1.68. The number of benzene rings is 1. The van der Waals surface area contributed by atoms with Gasteiger partial charge < -0.3 is 19.5 Å². The van der Waals surface area contributed by atoms with E-state index >= 15 is 0 Å². The second-order valence-electron chi connectivity index (χ2n) is 7.49. The van der Waals surface area contributed by atoms with Crippen molar-refractivity contribution in [1.29, 1.82) is 0 Å². The molecule has 8 nitrogen and oxygen atoms in total. The third-order valence-electron chi connectivity index (χ3n) is 6.15. The Morgan fingerprint density at radius 1 is 1.41 bits per heavy atom. The van der Waals surface area contributed by atoms with Crippen molar-refractivity contribution in [2.24, 2.45) is 11.8 Å². The van der Waals surface area contributed by atoms with Crippen molar-refractivity contribution in [2.45, 2.75) is 29.4 Å². The molecule has 0 aliphatic carbocycles. The van der Waals surface area contributed by atoms with Gasteiger partial charge in [0.1, 0.15) is 12.4 Å². The molecule has 1 aromatic carbocycles. The van der Waals surface area contributed by atoms with Crippen molar-refractivity contribution in [3.05, 3.63) is 24.3 Å². The number of rotatable bonds is 6. The van der Waals surface area contributed by atoms with Crippen molar-refractivity contribution in [3.63, 3.8) is 0 Å². The lowest BCUT2D eigenvalue weighted by Gasteiger charge is -2.29. The summed E-state index contributed by atoms with van der Waals surface area (Å²) in [6, 6.07) is 6.24. The lowest BCUT2D eigenvalue weighted by molar-refractivity contribution is -0.134. The normalized spacial score (nSPS) is 31.9. The zero-order valence-electron chi connectivity index (χ0n) is 15.1. The zero-order valence-corrected chi connectivity index (χ0v) is 15.9. The highest BCUT2D eigenvalue weighted by molar-refractivity contribution is 7.89. The maximum atomic E-state index is 12.6. The zero-order chi connectivity index (χ0) is 19.2. The topological polar surface area (TPSA) is 105 Å². The van der Waals surface area contributed by atoms with Gasteiger partial charge in [0, 0.05) is 24.9 Å². The first-order valence-corrected chi connectivity index (χ1v) is 10.6. The monoisotopic (exact) mass is 396 g/mol. The number of fused-ring (bicyclic) bond motifs is 1. The van der Waals surface area contributed by atoms with Crippen LogP contribution in [0.1, 0.15) is 12.8 Å². The minimum atomic E-state index is -3.64. The summed E-state index contributed by atoms with van der Waals surface area (Å²) in [6.07, 6.45) is 1.76. The Morgan fingerprint density at radius 3 is 2.81 bits per heavy atom. The summed E-state index contributed by atoms with van der Waals surface area (Å²) in [7, 11) is -2.11. The SMILES string of the molecule is COc1ccc(S(=O)(=O)NC[C@H]2[C@H]3CN(C(=O)CO)C[C@]34CC[C@H]2O4)cc1. The summed E-state index contributed by atoms with van der Waals surface area (Å²) in [5.41, 5.74) is -0.383. The van der Waals surface area contributed by atoms with E-state index in [4.69, 9.17) is 14.6 Å². The Bertz CT molecular complexity index is 827. The highest BCUT2D eigenvalue weighted by Crippen LogP contribution is 2.54. The van der Waals surface area contributed by atoms with Crippen LogP contribution in [0.3, 0.4) is 0 Å². The molecule has 3 saturated heterocycles. The first kappa shape index (κ1) is 18.7. The number of sulfonamides is 1. The van der Waals surface area contributed by atoms with Crippen LogP contribution in [-0.4, -0.2) is 69.4 Å². The van der Waals surface area contributed by atoms with E-state index in [1.807, 2.05) is 0 Å². The average molecular weight is 396 g/mol. The molecule has 9 heteroatoms. The van der Waals surface area contributed by atoms with Crippen molar-refractivity contribution in [3.8, 4) is 5.75 Å². The van der Waals surface area contributed by atoms with Gasteiger partial charge in [-0.1, -0.05) is 0 Å². The minimum absolute atomic E-state index is 0.0138. The smallest absolute Gasteiger partial charge is 0.248 e. The number of amides is 1. The molecule has 1 aromatic rings. The second kappa shape index (κ2) is 6.73. The number of aliphatic hydroxyl groups is 1. The summed E-state index contributed by atoms with van der Waals surface area (Å²) in [5.74, 6) is 0.397. The third-order valence-corrected chi connectivity index (χ3v) is 7.59. The molecule has 3 aliphatic rings. The van der Waals surface area contributed by atoms with E-state index in [2.05, 4.69) is 4.72 Å². The number of ether oxygens (including phenoxy) is 2. The Labute approximate surface area is 158 Å². The summed E-state index contributed by atoms with van der Waals surface area (Å²) < 4.78 is 39.2. The Balaban J connectivity index is 1.46. The van der Waals surface area contributed by atoms with Crippen LogP contribution in [-0.2, 0) is 19.6 Å². The summed E-state index contributed by atoms with van der Waals surface area (Å²) in [6.45, 7) is 0.744. The van der Waals surface area contributed by atoms with E-state index in [9.17, 15) is 13.2 Å². The molecule has 2 N–H and O–H groups in total. The molecule has 1 spiro atoms. The van der Waals surface area contributed by atoms with Crippen LogP contribution in [0, 0.1) is 11.8 Å². The van der Waals surface area contributed by atoms with E-state index in [0.29, 0.717) is 18.8 Å². The lowest BCUT2D eigenvalue weighted by atomic mass is 9.74. The number of carbonyl (C=O) groups is 1. The number of hydrogen-bond donors (Lipinski definition) is 2. The summed E-state index contributed by atoms with van der Waals surface area (Å²) >= 11 is 0. The number of methoxy groups -OCH3 is 1.